The standard InChI is InChI=1S/C26H23FN4O3/c1-16-14-24(30-34-16)29-25(32)18-10-12-31(13-11-18)26(33)21-15-23(17-6-8-19(27)9-7-17)28-22-5-3-2-4-20(21)22/h2-9,14-15,18H,10-13H2,1H3,(H,29,30,32). The summed E-state index contributed by atoms with van der Waals surface area (Å²) in [4.78, 5) is 32.6. The van der Waals surface area contributed by atoms with E-state index in [0.717, 1.165) is 10.9 Å². The van der Waals surface area contributed by atoms with E-state index < -0.39 is 0 Å². The number of rotatable bonds is 4. The molecule has 0 bridgehead atoms. The monoisotopic (exact) mass is 458 g/mol. The van der Waals surface area contributed by atoms with Gasteiger partial charge in [0.15, 0.2) is 5.82 Å². The Morgan fingerprint density at radius 3 is 2.50 bits per heavy atom. The van der Waals surface area contributed by atoms with Gasteiger partial charge in [-0.25, -0.2) is 9.37 Å². The smallest absolute Gasteiger partial charge is 0.254 e. The van der Waals surface area contributed by atoms with Gasteiger partial charge < -0.3 is 14.7 Å². The summed E-state index contributed by atoms with van der Waals surface area (Å²) in [6.45, 7) is 2.70. The number of pyridine rings is 1. The van der Waals surface area contributed by atoms with E-state index in [2.05, 4.69) is 15.5 Å². The number of hydrogen-bond acceptors (Lipinski definition) is 5. The molecule has 0 unspecified atom stereocenters. The molecule has 2 amide bonds. The molecule has 1 N–H and O–H groups in total. The number of aromatic nitrogens is 2. The van der Waals surface area contributed by atoms with Crippen molar-refractivity contribution in [3.8, 4) is 11.3 Å². The van der Waals surface area contributed by atoms with Crippen LogP contribution in [0.3, 0.4) is 0 Å². The molecule has 172 valence electrons. The Morgan fingerprint density at radius 1 is 1.06 bits per heavy atom. The minimum atomic E-state index is -0.327. The van der Waals surface area contributed by atoms with Gasteiger partial charge in [0.05, 0.1) is 16.8 Å². The first-order chi connectivity index (χ1) is 16.5. The highest BCUT2D eigenvalue weighted by molar-refractivity contribution is 6.07. The lowest BCUT2D eigenvalue weighted by Crippen LogP contribution is -2.41. The van der Waals surface area contributed by atoms with Crippen LogP contribution in [-0.2, 0) is 4.79 Å². The van der Waals surface area contributed by atoms with Gasteiger partial charge in [0.2, 0.25) is 5.91 Å². The summed E-state index contributed by atoms with van der Waals surface area (Å²) in [5.74, 6) is 0.274. The number of aryl methyl sites for hydroxylation is 1. The van der Waals surface area contributed by atoms with Crippen LogP contribution in [-0.4, -0.2) is 39.9 Å². The predicted molar refractivity (Wildman–Crippen MR) is 126 cm³/mol. The van der Waals surface area contributed by atoms with Crippen molar-refractivity contribution < 1.29 is 18.5 Å². The molecule has 0 spiro atoms. The lowest BCUT2D eigenvalue weighted by Gasteiger charge is -2.31. The van der Waals surface area contributed by atoms with E-state index in [4.69, 9.17) is 4.52 Å². The number of nitrogens with one attached hydrogen (secondary N) is 1. The normalized spacial score (nSPS) is 14.4. The molecule has 5 rings (SSSR count). The van der Waals surface area contributed by atoms with E-state index >= 15 is 0 Å². The Hall–Kier alpha value is -4.07. The van der Waals surface area contributed by atoms with Crippen molar-refractivity contribution in [1.29, 1.82) is 0 Å². The van der Waals surface area contributed by atoms with Gasteiger partial charge in [-0.3, -0.25) is 9.59 Å². The minimum Gasteiger partial charge on any atom is -0.360 e. The van der Waals surface area contributed by atoms with Gasteiger partial charge in [-0.05, 0) is 56.2 Å². The van der Waals surface area contributed by atoms with Crippen molar-refractivity contribution in [2.75, 3.05) is 18.4 Å². The maximum atomic E-state index is 13.5. The summed E-state index contributed by atoms with van der Waals surface area (Å²) in [5.41, 5.74) is 2.59. The van der Waals surface area contributed by atoms with Gasteiger partial charge in [0.1, 0.15) is 11.6 Å². The van der Waals surface area contributed by atoms with E-state index in [0.29, 0.717) is 54.3 Å². The molecule has 0 aliphatic carbocycles. The third kappa shape index (κ3) is 4.39. The van der Waals surface area contributed by atoms with Crippen LogP contribution in [0.1, 0.15) is 29.0 Å². The predicted octanol–water partition coefficient (Wildman–Crippen LogP) is 4.83. The summed E-state index contributed by atoms with van der Waals surface area (Å²) in [6, 6.07) is 17.0. The maximum absolute atomic E-state index is 13.5. The quantitative estimate of drug-likeness (QED) is 0.473. The lowest BCUT2D eigenvalue weighted by atomic mass is 9.95. The van der Waals surface area contributed by atoms with Crippen molar-refractivity contribution >= 4 is 28.5 Å². The molecule has 2 aromatic heterocycles. The second kappa shape index (κ2) is 9.05. The number of piperidine rings is 1. The first-order valence-corrected chi connectivity index (χ1v) is 11.2. The number of halogens is 1. The highest BCUT2D eigenvalue weighted by Crippen LogP contribution is 2.28. The van der Waals surface area contributed by atoms with Crippen LogP contribution in [0.25, 0.3) is 22.2 Å². The van der Waals surface area contributed by atoms with E-state index in [9.17, 15) is 14.0 Å². The van der Waals surface area contributed by atoms with Crippen LogP contribution < -0.4 is 5.32 Å². The molecule has 7 nitrogen and oxygen atoms in total. The zero-order valence-corrected chi connectivity index (χ0v) is 18.6. The molecule has 1 aliphatic rings. The molecule has 1 saturated heterocycles. The molecule has 0 atom stereocenters. The Balaban J connectivity index is 1.35. The molecule has 4 aromatic rings. The SMILES string of the molecule is Cc1cc(NC(=O)C2CCN(C(=O)c3cc(-c4ccc(F)cc4)nc4ccccc34)CC2)no1. The van der Waals surface area contributed by atoms with Crippen molar-refractivity contribution in [1.82, 2.24) is 15.0 Å². The van der Waals surface area contributed by atoms with Gasteiger partial charge in [0.25, 0.3) is 5.91 Å². The van der Waals surface area contributed by atoms with E-state index in [1.54, 1.807) is 36.1 Å². The van der Waals surface area contributed by atoms with Crippen LogP contribution in [0.15, 0.2) is 65.2 Å². The first kappa shape index (κ1) is 21.8. The number of hydrogen-bond donors (Lipinski definition) is 1. The lowest BCUT2D eigenvalue weighted by molar-refractivity contribution is -0.121. The molecule has 34 heavy (non-hydrogen) atoms. The van der Waals surface area contributed by atoms with Crippen LogP contribution in [0, 0.1) is 18.7 Å². The van der Waals surface area contributed by atoms with Crippen LogP contribution in [0.2, 0.25) is 0 Å². The molecule has 8 heteroatoms. The topological polar surface area (TPSA) is 88.3 Å². The Bertz CT molecular complexity index is 1360. The number of amides is 2. The van der Waals surface area contributed by atoms with Gasteiger partial charge in [0, 0.05) is 36.0 Å². The molecule has 1 fully saturated rings. The maximum Gasteiger partial charge on any atom is 0.254 e. The molecule has 3 heterocycles. The molecular weight excluding hydrogens is 435 g/mol. The average molecular weight is 458 g/mol. The second-order valence-electron chi connectivity index (χ2n) is 8.46. The zero-order chi connectivity index (χ0) is 23.7. The number of anilines is 1. The third-order valence-corrected chi connectivity index (χ3v) is 6.12. The summed E-state index contributed by atoms with van der Waals surface area (Å²) in [6.07, 6.45) is 1.12. The van der Waals surface area contributed by atoms with Crippen molar-refractivity contribution in [2.24, 2.45) is 5.92 Å². The largest absolute Gasteiger partial charge is 0.360 e. The van der Waals surface area contributed by atoms with Crippen molar-refractivity contribution in [3.05, 3.63) is 77.8 Å². The van der Waals surface area contributed by atoms with Crippen molar-refractivity contribution in [2.45, 2.75) is 19.8 Å². The Labute approximate surface area is 195 Å². The summed E-state index contributed by atoms with van der Waals surface area (Å²) < 4.78 is 18.4. The fourth-order valence-electron chi connectivity index (χ4n) is 4.29. The van der Waals surface area contributed by atoms with Crippen LogP contribution in [0.5, 0.6) is 0 Å². The summed E-state index contributed by atoms with van der Waals surface area (Å²) in [5, 5.41) is 7.35. The number of fused-ring (bicyclic) bond motifs is 1. The number of likely N-dealkylation sites (tertiary alicyclic amines) is 1. The molecule has 0 saturated carbocycles. The summed E-state index contributed by atoms with van der Waals surface area (Å²) >= 11 is 0. The second-order valence-corrected chi connectivity index (χ2v) is 8.46. The minimum absolute atomic E-state index is 0.104. The van der Waals surface area contributed by atoms with E-state index in [1.807, 2.05) is 24.3 Å². The molecular formula is C26H23FN4O3. The van der Waals surface area contributed by atoms with E-state index in [-0.39, 0.29) is 23.5 Å². The number of nitrogens with zero attached hydrogens (tertiary/aromatic N) is 3. The molecule has 2 aromatic carbocycles. The Kier molecular flexibility index (Phi) is 5.79. The fraction of sp³-hybridized carbons (Fsp3) is 0.231. The fourth-order valence-corrected chi connectivity index (χ4v) is 4.29. The van der Waals surface area contributed by atoms with Gasteiger partial charge in [-0.15, -0.1) is 0 Å². The number of benzene rings is 2. The molecule has 1 aliphatic heterocycles. The van der Waals surface area contributed by atoms with Gasteiger partial charge in [-0.1, -0.05) is 23.4 Å². The highest BCUT2D eigenvalue weighted by atomic mass is 19.1. The average Bonchev–Trinajstić information content (AvgIpc) is 3.27. The van der Waals surface area contributed by atoms with Crippen molar-refractivity contribution in [3.63, 3.8) is 0 Å². The van der Waals surface area contributed by atoms with Crippen LogP contribution in [0.4, 0.5) is 10.2 Å². The Morgan fingerprint density at radius 2 is 1.79 bits per heavy atom. The van der Waals surface area contributed by atoms with Gasteiger partial charge in [-0.2, -0.15) is 0 Å². The summed E-state index contributed by atoms with van der Waals surface area (Å²) in [7, 11) is 0. The zero-order valence-electron chi connectivity index (χ0n) is 18.6. The number of carbonyl (C=O) groups excluding carboxylic acids is 2. The first-order valence-electron chi connectivity index (χ1n) is 11.2. The van der Waals surface area contributed by atoms with Gasteiger partial charge >= 0.3 is 0 Å². The number of carbonyl (C=O) groups is 2. The van der Waals surface area contributed by atoms with E-state index in [1.165, 1.54) is 12.1 Å². The number of para-hydroxylation sites is 1. The van der Waals surface area contributed by atoms with Crippen LogP contribution >= 0.6 is 0 Å². The molecule has 0 radical (unpaired) electrons. The highest BCUT2D eigenvalue weighted by Gasteiger charge is 2.29. The third-order valence-electron chi connectivity index (χ3n) is 6.12.